The predicted octanol–water partition coefficient (Wildman–Crippen LogP) is 1.68. The maximum atomic E-state index is 9.60. The minimum Gasteiger partial charge on any atom is -0.507 e. The average Bonchev–Trinajstić information content (AvgIpc) is 2.16. The molecule has 0 aromatic heterocycles. The lowest BCUT2D eigenvalue weighted by molar-refractivity contribution is 0.404. The van der Waals surface area contributed by atoms with Crippen LogP contribution in [0.25, 0.3) is 0 Å². The molecule has 3 heteroatoms. The SMILES string of the molecule is CN[C@@H](C)c1ccc(OC)cc1O. The summed E-state index contributed by atoms with van der Waals surface area (Å²) in [7, 11) is 3.43. The summed E-state index contributed by atoms with van der Waals surface area (Å²) in [5, 5.41) is 12.7. The number of nitrogens with one attached hydrogen (secondary N) is 1. The van der Waals surface area contributed by atoms with Gasteiger partial charge in [0, 0.05) is 17.7 Å². The zero-order valence-corrected chi connectivity index (χ0v) is 8.16. The molecule has 0 saturated carbocycles. The van der Waals surface area contributed by atoms with Crippen LogP contribution in [-0.4, -0.2) is 19.3 Å². The minimum atomic E-state index is 0.144. The Morgan fingerprint density at radius 3 is 2.62 bits per heavy atom. The van der Waals surface area contributed by atoms with Crippen LogP contribution in [0.2, 0.25) is 0 Å². The maximum Gasteiger partial charge on any atom is 0.124 e. The number of aromatic hydroxyl groups is 1. The Balaban J connectivity index is 2.98. The molecule has 0 aliphatic rings. The molecule has 72 valence electrons. The molecule has 1 aromatic rings. The van der Waals surface area contributed by atoms with E-state index in [-0.39, 0.29) is 11.8 Å². The van der Waals surface area contributed by atoms with Gasteiger partial charge in [0.2, 0.25) is 0 Å². The van der Waals surface area contributed by atoms with Crippen LogP contribution in [0, 0.1) is 0 Å². The monoisotopic (exact) mass is 181 g/mol. The Kier molecular flexibility index (Phi) is 3.14. The van der Waals surface area contributed by atoms with Crippen molar-refractivity contribution in [1.29, 1.82) is 0 Å². The number of phenols is 1. The van der Waals surface area contributed by atoms with Gasteiger partial charge in [0.25, 0.3) is 0 Å². The Hall–Kier alpha value is -1.22. The van der Waals surface area contributed by atoms with Gasteiger partial charge in [0.15, 0.2) is 0 Å². The zero-order chi connectivity index (χ0) is 9.84. The molecule has 1 atom stereocenters. The van der Waals surface area contributed by atoms with Crippen LogP contribution in [0.15, 0.2) is 18.2 Å². The van der Waals surface area contributed by atoms with Crippen molar-refractivity contribution >= 4 is 0 Å². The summed E-state index contributed by atoms with van der Waals surface area (Å²) < 4.78 is 4.98. The van der Waals surface area contributed by atoms with Crippen molar-refractivity contribution in [1.82, 2.24) is 5.32 Å². The Labute approximate surface area is 78.3 Å². The van der Waals surface area contributed by atoms with Gasteiger partial charge in [0.05, 0.1) is 7.11 Å². The first-order chi connectivity index (χ1) is 6.19. The smallest absolute Gasteiger partial charge is 0.124 e. The number of hydrogen-bond acceptors (Lipinski definition) is 3. The molecule has 0 saturated heterocycles. The Morgan fingerprint density at radius 1 is 1.46 bits per heavy atom. The molecule has 1 rings (SSSR count). The van der Waals surface area contributed by atoms with E-state index in [0.29, 0.717) is 5.75 Å². The number of ether oxygens (including phenoxy) is 1. The van der Waals surface area contributed by atoms with Gasteiger partial charge in [-0.2, -0.15) is 0 Å². The third kappa shape index (κ3) is 2.12. The fourth-order valence-electron chi connectivity index (χ4n) is 1.17. The van der Waals surface area contributed by atoms with Crippen LogP contribution in [0.1, 0.15) is 18.5 Å². The second kappa shape index (κ2) is 4.14. The molecule has 3 nitrogen and oxygen atoms in total. The van der Waals surface area contributed by atoms with E-state index in [9.17, 15) is 5.11 Å². The Morgan fingerprint density at radius 2 is 2.15 bits per heavy atom. The standard InChI is InChI=1S/C10H15NO2/c1-7(11-2)9-5-4-8(13-3)6-10(9)12/h4-7,11-12H,1-3H3/t7-/m0/s1. The molecular weight excluding hydrogens is 166 g/mol. The molecule has 1 aromatic carbocycles. The van der Waals surface area contributed by atoms with Crippen molar-refractivity contribution in [3.8, 4) is 11.5 Å². The van der Waals surface area contributed by atoms with E-state index in [0.717, 1.165) is 5.56 Å². The van der Waals surface area contributed by atoms with Crippen LogP contribution >= 0.6 is 0 Å². The highest BCUT2D eigenvalue weighted by atomic mass is 16.5. The fraction of sp³-hybridized carbons (Fsp3) is 0.400. The van der Waals surface area contributed by atoms with E-state index in [1.165, 1.54) is 0 Å². The zero-order valence-electron chi connectivity index (χ0n) is 8.16. The van der Waals surface area contributed by atoms with E-state index >= 15 is 0 Å². The molecule has 2 N–H and O–H groups in total. The lowest BCUT2D eigenvalue weighted by Gasteiger charge is -2.12. The largest absolute Gasteiger partial charge is 0.507 e. The molecule has 0 bridgehead atoms. The summed E-state index contributed by atoms with van der Waals surface area (Å²) >= 11 is 0. The molecule has 0 heterocycles. The normalized spacial score (nSPS) is 12.5. The van der Waals surface area contributed by atoms with E-state index in [4.69, 9.17) is 4.74 Å². The highest BCUT2D eigenvalue weighted by molar-refractivity contribution is 5.41. The molecule has 0 aliphatic heterocycles. The summed E-state index contributed by atoms with van der Waals surface area (Å²) in [4.78, 5) is 0. The van der Waals surface area contributed by atoms with Gasteiger partial charge >= 0.3 is 0 Å². The lowest BCUT2D eigenvalue weighted by atomic mass is 10.1. The summed E-state index contributed by atoms with van der Waals surface area (Å²) in [5.41, 5.74) is 0.878. The van der Waals surface area contributed by atoms with Crippen LogP contribution in [0.5, 0.6) is 11.5 Å². The highest BCUT2D eigenvalue weighted by Crippen LogP contribution is 2.27. The van der Waals surface area contributed by atoms with Gasteiger partial charge in [0.1, 0.15) is 11.5 Å². The van der Waals surface area contributed by atoms with Crippen molar-refractivity contribution < 1.29 is 9.84 Å². The van der Waals surface area contributed by atoms with Crippen molar-refractivity contribution in [2.45, 2.75) is 13.0 Å². The first-order valence-corrected chi connectivity index (χ1v) is 4.23. The topological polar surface area (TPSA) is 41.5 Å². The first kappa shape index (κ1) is 9.86. The first-order valence-electron chi connectivity index (χ1n) is 4.23. The molecule has 13 heavy (non-hydrogen) atoms. The average molecular weight is 181 g/mol. The molecule has 0 radical (unpaired) electrons. The molecule has 0 amide bonds. The van der Waals surface area contributed by atoms with Crippen LogP contribution in [0.3, 0.4) is 0 Å². The summed E-state index contributed by atoms with van der Waals surface area (Å²) in [6, 6.07) is 5.45. The number of hydrogen-bond donors (Lipinski definition) is 2. The van der Waals surface area contributed by atoms with E-state index < -0.39 is 0 Å². The van der Waals surface area contributed by atoms with Crippen molar-refractivity contribution in [2.75, 3.05) is 14.2 Å². The van der Waals surface area contributed by atoms with Gasteiger partial charge in [-0.15, -0.1) is 0 Å². The van der Waals surface area contributed by atoms with Crippen molar-refractivity contribution in [2.24, 2.45) is 0 Å². The predicted molar refractivity (Wildman–Crippen MR) is 52.1 cm³/mol. The third-order valence-corrected chi connectivity index (χ3v) is 2.14. The van der Waals surface area contributed by atoms with Crippen molar-refractivity contribution in [3.63, 3.8) is 0 Å². The Bertz CT molecular complexity index is 286. The fourth-order valence-corrected chi connectivity index (χ4v) is 1.17. The van der Waals surface area contributed by atoms with Gasteiger partial charge in [-0.05, 0) is 20.0 Å². The summed E-state index contributed by atoms with van der Waals surface area (Å²) in [5.74, 6) is 0.936. The molecule has 0 unspecified atom stereocenters. The molecular formula is C10H15NO2. The van der Waals surface area contributed by atoms with Gasteiger partial charge < -0.3 is 15.2 Å². The van der Waals surface area contributed by atoms with Gasteiger partial charge in [-0.1, -0.05) is 6.07 Å². The third-order valence-electron chi connectivity index (χ3n) is 2.14. The highest BCUT2D eigenvalue weighted by Gasteiger charge is 2.08. The minimum absolute atomic E-state index is 0.144. The lowest BCUT2D eigenvalue weighted by Crippen LogP contribution is -2.12. The summed E-state index contributed by atoms with van der Waals surface area (Å²) in [6.45, 7) is 1.99. The second-order valence-corrected chi connectivity index (χ2v) is 2.94. The second-order valence-electron chi connectivity index (χ2n) is 2.94. The van der Waals surface area contributed by atoms with Crippen LogP contribution in [-0.2, 0) is 0 Å². The van der Waals surface area contributed by atoms with E-state index in [1.54, 1.807) is 13.2 Å². The number of phenolic OH excluding ortho intramolecular Hbond substituents is 1. The van der Waals surface area contributed by atoms with Crippen molar-refractivity contribution in [3.05, 3.63) is 23.8 Å². The van der Waals surface area contributed by atoms with Gasteiger partial charge in [-0.25, -0.2) is 0 Å². The number of rotatable bonds is 3. The maximum absolute atomic E-state index is 9.60. The summed E-state index contributed by atoms with van der Waals surface area (Å²) in [6.07, 6.45) is 0. The molecule has 0 aliphatic carbocycles. The van der Waals surface area contributed by atoms with Gasteiger partial charge in [-0.3, -0.25) is 0 Å². The van der Waals surface area contributed by atoms with E-state index in [1.807, 2.05) is 26.1 Å². The molecule has 0 spiro atoms. The molecule has 0 fully saturated rings. The number of benzene rings is 1. The van der Waals surface area contributed by atoms with Crippen LogP contribution in [0.4, 0.5) is 0 Å². The number of methoxy groups -OCH3 is 1. The quantitative estimate of drug-likeness (QED) is 0.745. The van der Waals surface area contributed by atoms with E-state index in [2.05, 4.69) is 5.32 Å². The van der Waals surface area contributed by atoms with Crippen LogP contribution < -0.4 is 10.1 Å².